The second kappa shape index (κ2) is 3.34. The Morgan fingerprint density at radius 2 is 1.80 bits per heavy atom. The first-order chi connectivity index (χ1) is 7.00. The molecule has 0 unspecified atom stereocenters. The van der Waals surface area contributed by atoms with E-state index in [1.54, 1.807) is 0 Å². The van der Waals surface area contributed by atoms with Crippen molar-refractivity contribution in [3.63, 3.8) is 0 Å². The topological polar surface area (TPSA) is 12.9 Å². The van der Waals surface area contributed by atoms with E-state index in [0.717, 1.165) is 5.52 Å². The lowest BCUT2D eigenvalue weighted by atomic mass is 9.81. The average Bonchev–Trinajstić information content (AvgIpc) is 2.15. The largest absolute Gasteiger partial charge is 0.256 e. The Morgan fingerprint density at radius 1 is 1.07 bits per heavy atom. The standard InChI is InChI=1S/C14H17N/c1-10-7-8-12-11(6-5-9-15-12)13(10)14(2,3)4/h5-9H,1-4H3. The highest BCUT2D eigenvalue weighted by Gasteiger charge is 2.19. The Hall–Kier alpha value is -1.37. The number of nitrogens with zero attached hydrogens (tertiary/aromatic N) is 1. The number of rotatable bonds is 0. The second-order valence-electron chi connectivity index (χ2n) is 5.08. The lowest BCUT2D eigenvalue weighted by Crippen LogP contribution is -2.13. The van der Waals surface area contributed by atoms with E-state index >= 15 is 0 Å². The molecule has 0 atom stereocenters. The van der Waals surface area contributed by atoms with Crippen LogP contribution in [0.5, 0.6) is 0 Å². The van der Waals surface area contributed by atoms with Gasteiger partial charge in [0.2, 0.25) is 0 Å². The van der Waals surface area contributed by atoms with Crippen molar-refractivity contribution in [2.75, 3.05) is 0 Å². The van der Waals surface area contributed by atoms with Crippen LogP contribution in [0.2, 0.25) is 0 Å². The van der Waals surface area contributed by atoms with Gasteiger partial charge >= 0.3 is 0 Å². The predicted octanol–water partition coefficient (Wildman–Crippen LogP) is 3.84. The molecule has 0 saturated heterocycles. The third kappa shape index (κ3) is 1.74. The van der Waals surface area contributed by atoms with Crippen molar-refractivity contribution in [3.05, 3.63) is 41.6 Å². The highest BCUT2D eigenvalue weighted by molar-refractivity contribution is 5.84. The quantitative estimate of drug-likeness (QED) is 0.628. The van der Waals surface area contributed by atoms with Crippen molar-refractivity contribution in [2.45, 2.75) is 33.1 Å². The first-order valence-corrected chi connectivity index (χ1v) is 5.35. The molecule has 15 heavy (non-hydrogen) atoms. The molecule has 2 aromatic rings. The summed E-state index contributed by atoms with van der Waals surface area (Å²) in [6.07, 6.45) is 1.85. The fraction of sp³-hybridized carbons (Fsp3) is 0.357. The summed E-state index contributed by atoms with van der Waals surface area (Å²) >= 11 is 0. The van der Waals surface area contributed by atoms with Crippen molar-refractivity contribution in [3.8, 4) is 0 Å². The van der Waals surface area contributed by atoms with Crippen molar-refractivity contribution in [1.82, 2.24) is 4.98 Å². The number of hydrogen-bond donors (Lipinski definition) is 0. The van der Waals surface area contributed by atoms with Gasteiger partial charge in [-0.1, -0.05) is 32.9 Å². The van der Waals surface area contributed by atoms with Gasteiger partial charge in [0, 0.05) is 11.6 Å². The van der Waals surface area contributed by atoms with Gasteiger partial charge in [0.25, 0.3) is 0 Å². The van der Waals surface area contributed by atoms with Gasteiger partial charge in [-0.15, -0.1) is 0 Å². The summed E-state index contributed by atoms with van der Waals surface area (Å²) in [7, 11) is 0. The average molecular weight is 199 g/mol. The van der Waals surface area contributed by atoms with Gasteiger partial charge in [0.15, 0.2) is 0 Å². The van der Waals surface area contributed by atoms with Crippen LogP contribution in [0.3, 0.4) is 0 Å². The van der Waals surface area contributed by atoms with Crippen LogP contribution in [0.15, 0.2) is 30.5 Å². The molecule has 0 radical (unpaired) electrons. The van der Waals surface area contributed by atoms with Gasteiger partial charge in [0.1, 0.15) is 0 Å². The summed E-state index contributed by atoms with van der Waals surface area (Å²) in [5, 5.41) is 1.28. The molecule has 0 fully saturated rings. The van der Waals surface area contributed by atoms with E-state index in [9.17, 15) is 0 Å². The molecule has 2 rings (SSSR count). The molecule has 78 valence electrons. The summed E-state index contributed by atoms with van der Waals surface area (Å²) in [6, 6.07) is 8.43. The third-order valence-corrected chi connectivity index (χ3v) is 2.74. The van der Waals surface area contributed by atoms with Crippen LogP contribution < -0.4 is 0 Å². The highest BCUT2D eigenvalue weighted by Crippen LogP contribution is 2.31. The lowest BCUT2D eigenvalue weighted by Gasteiger charge is -2.23. The zero-order chi connectivity index (χ0) is 11.1. The highest BCUT2D eigenvalue weighted by atomic mass is 14.6. The van der Waals surface area contributed by atoms with Crippen LogP contribution >= 0.6 is 0 Å². The van der Waals surface area contributed by atoms with Gasteiger partial charge in [-0.25, -0.2) is 0 Å². The normalized spacial score (nSPS) is 12.0. The fourth-order valence-electron chi connectivity index (χ4n) is 2.26. The minimum Gasteiger partial charge on any atom is -0.256 e. The maximum atomic E-state index is 4.40. The third-order valence-electron chi connectivity index (χ3n) is 2.74. The molecule has 1 aromatic carbocycles. The van der Waals surface area contributed by atoms with Crippen LogP contribution in [-0.2, 0) is 5.41 Å². The zero-order valence-corrected chi connectivity index (χ0v) is 9.83. The number of fused-ring (bicyclic) bond motifs is 1. The number of hydrogen-bond acceptors (Lipinski definition) is 1. The minimum absolute atomic E-state index is 0.173. The maximum Gasteiger partial charge on any atom is 0.0705 e. The van der Waals surface area contributed by atoms with Crippen LogP contribution in [-0.4, -0.2) is 4.98 Å². The molecular formula is C14H17N. The molecular weight excluding hydrogens is 182 g/mol. The molecule has 0 aliphatic carbocycles. The van der Waals surface area contributed by atoms with Gasteiger partial charge < -0.3 is 0 Å². The molecule has 0 spiro atoms. The number of pyridine rings is 1. The molecule has 1 aromatic heterocycles. The van der Waals surface area contributed by atoms with Crippen molar-refractivity contribution < 1.29 is 0 Å². The number of aryl methyl sites for hydroxylation is 1. The molecule has 0 bridgehead atoms. The summed E-state index contributed by atoms with van der Waals surface area (Å²) < 4.78 is 0. The van der Waals surface area contributed by atoms with Gasteiger partial charge in [0.05, 0.1) is 5.52 Å². The Bertz CT molecular complexity index is 492. The first kappa shape index (κ1) is 10.2. The van der Waals surface area contributed by atoms with Gasteiger partial charge in [-0.2, -0.15) is 0 Å². The van der Waals surface area contributed by atoms with E-state index < -0.39 is 0 Å². The van der Waals surface area contributed by atoms with Gasteiger partial charge in [-0.3, -0.25) is 4.98 Å². The molecule has 1 heterocycles. The Kier molecular flexibility index (Phi) is 2.26. The SMILES string of the molecule is Cc1ccc2ncccc2c1C(C)(C)C. The van der Waals surface area contributed by atoms with Crippen molar-refractivity contribution in [1.29, 1.82) is 0 Å². The van der Waals surface area contributed by atoms with Gasteiger partial charge in [-0.05, 0) is 35.6 Å². The molecule has 1 heteroatoms. The lowest BCUT2D eigenvalue weighted by molar-refractivity contribution is 0.592. The summed E-state index contributed by atoms with van der Waals surface area (Å²) in [5.74, 6) is 0. The predicted molar refractivity (Wildman–Crippen MR) is 65.2 cm³/mol. The summed E-state index contributed by atoms with van der Waals surface area (Å²) in [4.78, 5) is 4.40. The van der Waals surface area contributed by atoms with E-state index in [0.29, 0.717) is 0 Å². The van der Waals surface area contributed by atoms with Crippen LogP contribution in [0, 0.1) is 6.92 Å². The van der Waals surface area contributed by atoms with E-state index in [4.69, 9.17) is 0 Å². The maximum absolute atomic E-state index is 4.40. The zero-order valence-electron chi connectivity index (χ0n) is 9.83. The van der Waals surface area contributed by atoms with Crippen LogP contribution in [0.4, 0.5) is 0 Å². The van der Waals surface area contributed by atoms with Crippen LogP contribution in [0.1, 0.15) is 31.9 Å². The molecule has 0 aliphatic heterocycles. The summed E-state index contributed by atoms with van der Waals surface area (Å²) in [6.45, 7) is 8.93. The Morgan fingerprint density at radius 3 is 2.47 bits per heavy atom. The minimum atomic E-state index is 0.173. The Balaban J connectivity index is 2.86. The van der Waals surface area contributed by atoms with E-state index in [1.807, 2.05) is 12.3 Å². The van der Waals surface area contributed by atoms with Crippen molar-refractivity contribution in [2.24, 2.45) is 0 Å². The molecule has 0 amide bonds. The molecule has 1 nitrogen and oxygen atoms in total. The van der Waals surface area contributed by atoms with E-state index in [2.05, 4.69) is 50.9 Å². The molecule has 0 saturated carbocycles. The first-order valence-electron chi connectivity index (χ1n) is 5.35. The smallest absolute Gasteiger partial charge is 0.0705 e. The second-order valence-corrected chi connectivity index (χ2v) is 5.08. The molecule has 0 N–H and O–H groups in total. The Labute approximate surface area is 91.2 Å². The molecule has 0 aliphatic rings. The monoisotopic (exact) mass is 199 g/mol. The van der Waals surface area contributed by atoms with Crippen LogP contribution in [0.25, 0.3) is 10.9 Å². The number of benzene rings is 1. The number of aromatic nitrogens is 1. The van der Waals surface area contributed by atoms with E-state index in [-0.39, 0.29) is 5.41 Å². The van der Waals surface area contributed by atoms with Crippen molar-refractivity contribution >= 4 is 10.9 Å². The summed E-state index contributed by atoms with van der Waals surface area (Å²) in [5.41, 5.74) is 4.02. The van der Waals surface area contributed by atoms with E-state index in [1.165, 1.54) is 16.5 Å². The fourth-order valence-corrected chi connectivity index (χ4v) is 2.26.